The monoisotopic (exact) mass is 1090 g/mol. The number of amides is 10. The highest BCUT2D eigenvalue weighted by Gasteiger charge is 2.37. The van der Waals surface area contributed by atoms with Crippen LogP contribution in [0.15, 0.2) is 4.99 Å². The fraction of sp³-hybridized carbons (Fsp3) is 0.766. The van der Waals surface area contributed by atoms with Gasteiger partial charge in [0.25, 0.3) is 0 Å². The first-order valence-corrected chi connectivity index (χ1v) is 28.0. The summed E-state index contributed by atoms with van der Waals surface area (Å²) in [5.41, 5.74) is 33.6. The van der Waals surface area contributed by atoms with E-state index in [9.17, 15) is 47.9 Å². The number of carbonyl (C=O) groups excluding carboxylic acids is 10. The SMILES string of the molecule is CCC(C)C1NC(=O)C(NC(=O)C(N)CCCCN)CSSCC(C(=O)NC(CCCN=C(N)N)C(=O)NC(CC(C)C)C(=O)NC(CC(C)C)C(=O)NC(CCC(N)=O)C(N)=O)NC(=O)C(CC(C)C)NC1=O. The highest BCUT2D eigenvalue weighted by atomic mass is 33.1. The Morgan fingerprint density at radius 1 is 0.649 bits per heavy atom. The number of hydrogen-bond donors (Lipinski definition) is 14. The zero-order valence-electron chi connectivity index (χ0n) is 44.4. The Morgan fingerprint density at radius 2 is 1.22 bits per heavy atom. The zero-order chi connectivity index (χ0) is 56.2. The Labute approximate surface area is 443 Å². The third kappa shape index (κ3) is 26.2. The Morgan fingerprint density at radius 3 is 1.73 bits per heavy atom. The molecule has 0 bridgehead atoms. The van der Waals surface area contributed by atoms with Gasteiger partial charge < -0.3 is 76.9 Å². The normalized spacial score (nSPS) is 20.2. The molecule has 422 valence electrons. The summed E-state index contributed by atoms with van der Waals surface area (Å²) in [5, 5.41) is 21.7. The predicted octanol–water partition coefficient (Wildman–Crippen LogP) is -2.30. The summed E-state index contributed by atoms with van der Waals surface area (Å²) in [5.74, 6) is -8.55. The van der Waals surface area contributed by atoms with Gasteiger partial charge in [-0.05, 0) is 81.6 Å². The summed E-state index contributed by atoms with van der Waals surface area (Å²) in [6, 6.07) is -10.8. The van der Waals surface area contributed by atoms with Gasteiger partial charge in [-0.3, -0.25) is 52.9 Å². The molecule has 10 unspecified atom stereocenters. The first-order valence-electron chi connectivity index (χ1n) is 25.5. The number of nitrogens with one attached hydrogen (secondary N) is 8. The van der Waals surface area contributed by atoms with E-state index in [1.165, 1.54) is 0 Å². The molecule has 0 aliphatic carbocycles. The van der Waals surface area contributed by atoms with Crippen LogP contribution in [0, 0.1) is 23.7 Å². The molecule has 20 N–H and O–H groups in total. The lowest BCUT2D eigenvalue weighted by Crippen LogP contribution is -2.62. The summed E-state index contributed by atoms with van der Waals surface area (Å²) in [4.78, 5) is 140. The van der Waals surface area contributed by atoms with Gasteiger partial charge in [0.2, 0.25) is 59.1 Å². The largest absolute Gasteiger partial charge is 0.370 e. The number of nitrogens with two attached hydrogens (primary N) is 6. The number of aliphatic imine (C=N–C) groups is 1. The summed E-state index contributed by atoms with van der Waals surface area (Å²) in [6.07, 6.45) is 2.07. The van der Waals surface area contributed by atoms with E-state index in [2.05, 4.69) is 47.5 Å². The second kappa shape index (κ2) is 35.0. The summed E-state index contributed by atoms with van der Waals surface area (Å²) < 4.78 is 0. The Bertz CT molecular complexity index is 1910. The highest BCUT2D eigenvalue weighted by Crippen LogP contribution is 2.24. The van der Waals surface area contributed by atoms with Gasteiger partial charge >= 0.3 is 0 Å². The van der Waals surface area contributed by atoms with Crippen LogP contribution in [0.4, 0.5) is 0 Å². The molecule has 0 aromatic heterocycles. The standard InChI is InChI=1S/C47H87N15O10S2/c1-9-27(8)37-46(72)59-33(21-26(6)7)43(69)61-34(22-73-74-23-35(45(71)62-37)60-39(65)28(49)13-10-11-17-48)44(70)56-30(14-12-18-54-47(52)53)40(66)57-32(20-25(4)5)42(68)58-31(19-24(2)3)41(67)55-29(38(51)64)15-16-36(50)63/h24-35,37H,9-23,48-49H2,1-8H3,(H2,50,63)(H2,51,64)(H,55,67)(H,56,70)(H,57,66)(H,58,68)(H,59,72)(H,60,65)(H,61,69)(H,62,71)(H4,52,53,54). The molecular weight excluding hydrogens is 999 g/mol. The fourth-order valence-electron chi connectivity index (χ4n) is 7.55. The number of rotatable bonds is 30. The van der Waals surface area contributed by atoms with Gasteiger partial charge in [-0.25, -0.2) is 0 Å². The third-order valence-corrected chi connectivity index (χ3v) is 14.3. The van der Waals surface area contributed by atoms with E-state index in [4.69, 9.17) is 34.4 Å². The molecule has 10 atom stereocenters. The quantitative estimate of drug-likeness (QED) is 0.0156. The number of guanidine groups is 1. The molecular formula is C47H87N15O10S2. The molecule has 1 fully saturated rings. The Hall–Kier alpha value is -5.41. The van der Waals surface area contributed by atoms with Crippen molar-refractivity contribution in [1.82, 2.24) is 42.5 Å². The van der Waals surface area contributed by atoms with E-state index in [1.54, 1.807) is 20.8 Å². The third-order valence-electron chi connectivity index (χ3n) is 11.9. The predicted molar refractivity (Wildman–Crippen MR) is 287 cm³/mol. The molecule has 0 spiro atoms. The van der Waals surface area contributed by atoms with Gasteiger partial charge in [0, 0.05) is 24.5 Å². The smallest absolute Gasteiger partial charge is 0.244 e. The summed E-state index contributed by atoms with van der Waals surface area (Å²) >= 11 is 0. The van der Waals surface area contributed by atoms with Crippen molar-refractivity contribution in [3.05, 3.63) is 0 Å². The Kier molecular flexibility index (Phi) is 31.5. The maximum atomic E-state index is 14.5. The number of unbranched alkanes of at least 4 members (excludes halogenated alkanes) is 1. The fourth-order valence-corrected chi connectivity index (χ4v) is 9.88. The van der Waals surface area contributed by atoms with Crippen LogP contribution in [0.5, 0.6) is 0 Å². The van der Waals surface area contributed by atoms with Gasteiger partial charge in [0.05, 0.1) is 6.04 Å². The second-order valence-electron chi connectivity index (χ2n) is 20.0. The van der Waals surface area contributed by atoms with Crippen molar-refractivity contribution in [3.8, 4) is 0 Å². The molecule has 1 aliphatic rings. The first kappa shape index (κ1) is 66.6. The summed E-state index contributed by atoms with van der Waals surface area (Å²) in [7, 11) is 2.22. The van der Waals surface area contributed by atoms with Crippen molar-refractivity contribution in [2.75, 3.05) is 24.6 Å². The molecule has 25 nitrogen and oxygen atoms in total. The van der Waals surface area contributed by atoms with E-state index < -0.39 is 119 Å². The van der Waals surface area contributed by atoms with Gasteiger partial charge in [0.15, 0.2) is 5.96 Å². The van der Waals surface area contributed by atoms with Gasteiger partial charge in [-0.1, -0.05) is 89.8 Å². The maximum Gasteiger partial charge on any atom is 0.244 e. The maximum absolute atomic E-state index is 14.5. The minimum atomic E-state index is -1.35. The van der Waals surface area contributed by atoms with Crippen molar-refractivity contribution >= 4 is 86.6 Å². The van der Waals surface area contributed by atoms with Crippen molar-refractivity contribution in [2.45, 2.75) is 180 Å². The van der Waals surface area contributed by atoms with Crippen molar-refractivity contribution in [2.24, 2.45) is 63.1 Å². The molecule has 0 saturated carbocycles. The molecule has 27 heteroatoms. The van der Waals surface area contributed by atoms with Gasteiger partial charge in [-0.15, -0.1) is 0 Å². The summed E-state index contributed by atoms with van der Waals surface area (Å²) in [6.45, 7) is 15.0. The van der Waals surface area contributed by atoms with Crippen molar-refractivity contribution in [3.63, 3.8) is 0 Å². The van der Waals surface area contributed by atoms with E-state index >= 15 is 0 Å². The zero-order valence-corrected chi connectivity index (χ0v) is 46.1. The van der Waals surface area contributed by atoms with Crippen LogP contribution >= 0.6 is 21.6 Å². The molecule has 0 aromatic rings. The number of carbonyl (C=O) groups is 10. The number of hydrogen-bond acceptors (Lipinski definition) is 15. The Balaban J connectivity index is 3.70. The number of primary amides is 2. The first-order chi connectivity index (χ1) is 34.7. The van der Waals surface area contributed by atoms with E-state index in [0.29, 0.717) is 32.2 Å². The van der Waals surface area contributed by atoms with E-state index in [1.807, 2.05) is 34.6 Å². The molecule has 74 heavy (non-hydrogen) atoms. The molecule has 1 rings (SSSR count). The number of nitrogens with zero attached hydrogens (tertiary/aromatic N) is 1. The minimum Gasteiger partial charge on any atom is -0.370 e. The van der Waals surface area contributed by atoms with Crippen LogP contribution in [-0.4, -0.2) is 144 Å². The topological polar surface area (TPSA) is 435 Å². The average molecular weight is 1090 g/mol. The van der Waals surface area contributed by atoms with Crippen molar-refractivity contribution in [1.29, 1.82) is 0 Å². The van der Waals surface area contributed by atoms with Crippen LogP contribution in [-0.2, 0) is 47.9 Å². The van der Waals surface area contributed by atoms with Crippen LogP contribution in [0.25, 0.3) is 0 Å². The van der Waals surface area contributed by atoms with Crippen molar-refractivity contribution < 1.29 is 47.9 Å². The average Bonchev–Trinajstić information content (AvgIpc) is 3.31. The van der Waals surface area contributed by atoms with E-state index in [0.717, 1.165) is 21.6 Å². The lowest BCUT2D eigenvalue weighted by atomic mass is 9.96. The van der Waals surface area contributed by atoms with Crippen LogP contribution in [0.2, 0.25) is 0 Å². The van der Waals surface area contributed by atoms with Crippen LogP contribution in [0.1, 0.15) is 126 Å². The molecule has 0 aromatic carbocycles. The molecule has 10 amide bonds. The second-order valence-corrected chi connectivity index (χ2v) is 22.6. The van der Waals surface area contributed by atoms with E-state index in [-0.39, 0.29) is 86.7 Å². The minimum absolute atomic E-state index is 0.0410. The highest BCUT2D eigenvalue weighted by molar-refractivity contribution is 8.76. The van der Waals surface area contributed by atoms with Crippen LogP contribution in [0.3, 0.4) is 0 Å². The molecule has 1 aliphatic heterocycles. The lowest BCUT2D eigenvalue weighted by Gasteiger charge is -2.30. The van der Waals surface area contributed by atoms with Gasteiger partial charge in [-0.2, -0.15) is 0 Å². The lowest BCUT2D eigenvalue weighted by molar-refractivity contribution is -0.136. The molecule has 0 radical (unpaired) electrons. The molecule has 1 saturated heterocycles. The molecule has 1 heterocycles. The van der Waals surface area contributed by atoms with Crippen LogP contribution < -0.4 is 76.9 Å². The van der Waals surface area contributed by atoms with Gasteiger partial charge in [0.1, 0.15) is 48.3 Å².